The fraction of sp³-hybridized carbons (Fsp3) is 0.429. The molecule has 1 N–H and O–H groups in total. The van der Waals surface area contributed by atoms with Gasteiger partial charge in [0.05, 0.1) is 6.61 Å². The summed E-state index contributed by atoms with van der Waals surface area (Å²) in [5.74, 6) is 1.83. The van der Waals surface area contributed by atoms with Crippen LogP contribution in [0.15, 0.2) is 59.8 Å². The smallest absolute Gasteiger partial charge is 0.225 e. The lowest BCUT2D eigenvalue weighted by atomic mass is 9.73. The van der Waals surface area contributed by atoms with Crippen LogP contribution in [-0.2, 0) is 9.59 Å². The lowest BCUT2D eigenvalue weighted by molar-refractivity contribution is -0.122. The molecule has 4 heteroatoms. The van der Waals surface area contributed by atoms with Crippen molar-refractivity contribution < 1.29 is 14.3 Å². The van der Waals surface area contributed by atoms with Crippen molar-refractivity contribution in [2.24, 2.45) is 5.92 Å². The molecule has 0 aromatic heterocycles. The second-order valence-corrected chi connectivity index (χ2v) is 9.82. The highest BCUT2D eigenvalue weighted by Gasteiger charge is 2.38. The molecule has 2 atom stereocenters. The molecule has 2 unspecified atom stereocenters. The number of carbonyl (C=O) groups is 2. The Bertz CT molecular complexity index is 1020. The van der Waals surface area contributed by atoms with E-state index < -0.39 is 0 Å². The molecule has 4 rings (SSSR count). The van der Waals surface area contributed by atoms with Crippen LogP contribution < -0.4 is 10.1 Å². The first-order valence-corrected chi connectivity index (χ1v) is 11.7. The summed E-state index contributed by atoms with van der Waals surface area (Å²) < 4.78 is 5.78. The number of ether oxygens (including phenoxy) is 1. The van der Waals surface area contributed by atoms with E-state index in [2.05, 4.69) is 57.3 Å². The van der Waals surface area contributed by atoms with Crippen molar-refractivity contribution in [3.8, 4) is 5.75 Å². The minimum absolute atomic E-state index is 0.00688. The number of allylic oxidation sites excluding steroid dienone is 2. The first-order chi connectivity index (χ1) is 15.3. The highest BCUT2D eigenvalue weighted by atomic mass is 16.5. The number of rotatable bonds is 6. The first kappa shape index (κ1) is 22.3. The summed E-state index contributed by atoms with van der Waals surface area (Å²) in [4.78, 5) is 25.8. The molecule has 0 fully saturated rings. The Morgan fingerprint density at radius 2 is 1.53 bits per heavy atom. The van der Waals surface area contributed by atoms with Crippen LogP contribution in [0.2, 0.25) is 0 Å². The van der Waals surface area contributed by atoms with Crippen molar-refractivity contribution in [3.05, 3.63) is 76.5 Å². The van der Waals surface area contributed by atoms with Gasteiger partial charge in [0.1, 0.15) is 5.75 Å². The van der Waals surface area contributed by atoms with E-state index in [-0.39, 0.29) is 23.5 Å². The number of ketones is 1. The standard InChI is InChI=1S/C28H33NO3/c1-17(2)16-32-23-11-9-20(10-12-23)22-13-25-28(26(30)14-22)24(15-27(31)29-25)21-7-5-19(6-8-21)18(3)4/h5-12,17-18,22,24H,13-16H2,1-4H3,(H,29,31). The van der Waals surface area contributed by atoms with Crippen LogP contribution in [0.3, 0.4) is 0 Å². The molecule has 4 nitrogen and oxygen atoms in total. The van der Waals surface area contributed by atoms with Gasteiger partial charge in [0, 0.05) is 30.0 Å². The third-order valence-corrected chi connectivity index (χ3v) is 6.48. The van der Waals surface area contributed by atoms with Crippen LogP contribution in [-0.4, -0.2) is 18.3 Å². The third-order valence-electron chi connectivity index (χ3n) is 6.48. The summed E-state index contributed by atoms with van der Waals surface area (Å²) in [6.45, 7) is 9.26. The van der Waals surface area contributed by atoms with Crippen molar-refractivity contribution in [2.75, 3.05) is 6.61 Å². The maximum atomic E-state index is 13.3. The Balaban J connectivity index is 1.56. The molecule has 2 aliphatic rings. The molecule has 2 aromatic rings. The maximum Gasteiger partial charge on any atom is 0.225 e. The predicted octanol–water partition coefficient (Wildman–Crippen LogP) is 5.85. The topological polar surface area (TPSA) is 55.4 Å². The number of Topliss-reactive ketones (excluding diaryl/α,β-unsaturated/α-hetero) is 1. The van der Waals surface area contributed by atoms with E-state index in [9.17, 15) is 9.59 Å². The van der Waals surface area contributed by atoms with Gasteiger partial charge in [-0.05, 0) is 53.0 Å². The normalized spacial score (nSPS) is 21.1. The van der Waals surface area contributed by atoms with Crippen molar-refractivity contribution in [1.29, 1.82) is 0 Å². The van der Waals surface area contributed by atoms with Gasteiger partial charge in [0.25, 0.3) is 0 Å². The average Bonchev–Trinajstić information content (AvgIpc) is 2.77. The molecule has 0 spiro atoms. The van der Waals surface area contributed by atoms with Gasteiger partial charge < -0.3 is 10.1 Å². The number of benzene rings is 2. The fourth-order valence-corrected chi connectivity index (χ4v) is 4.69. The van der Waals surface area contributed by atoms with Crippen LogP contribution in [0.1, 0.15) is 81.4 Å². The molecule has 0 radical (unpaired) electrons. The van der Waals surface area contributed by atoms with E-state index in [1.807, 2.05) is 24.3 Å². The maximum absolute atomic E-state index is 13.3. The number of hydrogen-bond donors (Lipinski definition) is 1. The van der Waals surface area contributed by atoms with Gasteiger partial charge in [-0.1, -0.05) is 64.1 Å². The molecule has 2 aromatic carbocycles. The van der Waals surface area contributed by atoms with Crippen LogP contribution in [0, 0.1) is 5.92 Å². The molecule has 0 saturated carbocycles. The summed E-state index contributed by atoms with van der Waals surface area (Å²) in [5, 5.41) is 3.02. The van der Waals surface area contributed by atoms with E-state index in [4.69, 9.17) is 4.74 Å². The van der Waals surface area contributed by atoms with Gasteiger partial charge in [-0.25, -0.2) is 0 Å². The lowest BCUT2D eigenvalue weighted by Gasteiger charge is -2.34. The zero-order chi connectivity index (χ0) is 22.8. The van der Waals surface area contributed by atoms with Gasteiger partial charge in [0.2, 0.25) is 5.91 Å². The Hall–Kier alpha value is -2.88. The second kappa shape index (κ2) is 9.32. The average molecular weight is 432 g/mol. The predicted molar refractivity (Wildman–Crippen MR) is 127 cm³/mol. The van der Waals surface area contributed by atoms with Crippen molar-refractivity contribution >= 4 is 11.7 Å². The molecule has 0 saturated heterocycles. The number of amides is 1. The molecule has 1 heterocycles. The highest BCUT2D eigenvalue weighted by Crippen LogP contribution is 2.42. The Morgan fingerprint density at radius 3 is 2.16 bits per heavy atom. The summed E-state index contributed by atoms with van der Waals surface area (Å²) in [6.07, 6.45) is 1.49. The minimum Gasteiger partial charge on any atom is -0.493 e. The monoisotopic (exact) mass is 431 g/mol. The molecular weight excluding hydrogens is 398 g/mol. The molecule has 1 aliphatic carbocycles. The third kappa shape index (κ3) is 4.79. The van der Waals surface area contributed by atoms with E-state index in [1.54, 1.807) is 0 Å². The lowest BCUT2D eigenvalue weighted by Crippen LogP contribution is -2.38. The zero-order valence-electron chi connectivity index (χ0n) is 19.5. The molecule has 1 aliphatic heterocycles. The van der Waals surface area contributed by atoms with Crippen molar-refractivity contribution in [2.45, 2.75) is 64.7 Å². The van der Waals surface area contributed by atoms with E-state index in [0.717, 1.165) is 28.1 Å². The Morgan fingerprint density at radius 1 is 0.875 bits per heavy atom. The largest absolute Gasteiger partial charge is 0.493 e. The number of hydrogen-bond acceptors (Lipinski definition) is 3. The molecular formula is C28H33NO3. The second-order valence-electron chi connectivity index (χ2n) is 9.82. The SMILES string of the molecule is CC(C)COc1ccc(C2CC(=O)C3=C(C2)NC(=O)CC3c2ccc(C(C)C)cc2)cc1. The summed E-state index contributed by atoms with van der Waals surface area (Å²) >= 11 is 0. The first-order valence-electron chi connectivity index (χ1n) is 11.7. The fourth-order valence-electron chi connectivity index (χ4n) is 4.69. The Labute approximate surface area is 191 Å². The van der Waals surface area contributed by atoms with E-state index in [1.165, 1.54) is 5.56 Å². The van der Waals surface area contributed by atoms with Crippen LogP contribution in [0.5, 0.6) is 5.75 Å². The summed E-state index contributed by atoms with van der Waals surface area (Å²) in [7, 11) is 0. The van der Waals surface area contributed by atoms with Gasteiger partial charge in [0.15, 0.2) is 5.78 Å². The zero-order valence-corrected chi connectivity index (χ0v) is 19.5. The van der Waals surface area contributed by atoms with Crippen molar-refractivity contribution in [3.63, 3.8) is 0 Å². The van der Waals surface area contributed by atoms with Gasteiger partial charge in [-0.3, -0.25) is 9.59 Å². The van der Waals surface area contributed by atoms with Crippen molar-refractivity contribution in [1.82, 2.24) is 5.32 Å². The van der Waals surface area contributed by atoms with Gasteiger partial charge >= 0.3 is 0 Å². The van der Waals surface area contributed by atoms with Crippen LogP contribution in [0.25, 0.3) is 0 Å². The summed E-state index contributed by atoms with van der Waals surface area (Å²) in [6, 6.07) is 16.4. The van der Waals surface area contributed by atoms with Gasteiger partial charge in [-0.15, -0.1) is 0 Å². The minimum atomic E-state index is -0.153. The number of nitrogens with one attached hydrogen (secondary N) is 1. The van der Waals surface area contributed by atoms with Gasteiger partial charge in [-0.2, -0.15) is 0 Å². The van der Waals surface area contributed by atoms with E-state index >= 15 is 0 Å². The quantitative estimate of drug-likeness (QED) is 0.624. The molecule has 0 bridgehead atoms. The van der Waals surface area contributed by atoms with E-state index in [0.29, 0.717) is 37.7 Å². The molecule has 32 heavy (non-hydrogen) atoms. The Kier molecular flexibility index (Phi) is 6.50. The highest BCUT2D eigenvalue weighted by molar-refractivity contribution is 6.02. The summed E-state index contributed by atoms with van der Waals surface area (Å²) in [5.41, 5.74) is 5.03. The molecule has 1 amide bonds. The number of carbonyl (C=O) groups excluding carboxylic acids is 2. The van der Waals surface area contributed by atoms with Crippen LogP contribution >= 0.6 is 0 Å². The van der Waals surface area contributed by atoms with Crippen LogP contribution in [0.4, 0.5) is 0 Å². The molecule has 168 valence electrons.